The zero-order valence-electron chi connectivity index (χ0n) is 14.6. The van der Waals surface area contributed by atoms with Gasteiger partial charge in [0.05, 0.1) is 6.61 Å². The SMILES string of the molecule is CCOC(=O)[C@@H]1CSCCN1C(=O)C[C@@H](C)NC(=O)c1ccccc1. The van der Waals surface area contributed by atoms with Gasteiger partial charge in [0.2, 0.25) is 5.91 Å². The minimum atomic E-state index is -0.539. The Kier molecular flexibility index (Phi) is 7.31. The molecule has 0 bridgehead atoms. The summed E-state index contributed by atoms with van der Waals surface area (Å²) >= 11 is 1.64. The van der Waals surface area contributed by atoms with E-state index in [1.54, 1.807) is 54.8 Å². The third-order valence-electron chi connectivity index (χ3n) is 3.90. The molecule has 1 fully saturated rings. The summed E-state index contributed by atoms with van der Waals surface area (Å²) in [7, 11) is 0. The minimum Gasteiger partial charge on any atom is -0.464 e. The van der Waals surface area contributed by atoms with Crippen molar-refractivity contribution in [1.82, 2.24) is 10.2 Å². The first-order valence-electron chi connectivity index (χ1n) is 8.42. The van der Waals surface area contributed by atoms with E-state index in [9.17, 15) is 14.4 Å². The van der Waals surface area contributed by atoms with E-state index in [4.69, 9.17) is 4.74 Å². The molecule has 25 heavy (non-hydrogen) atoms. The number of nitrogens with zero attached hydrogens (tertiary/aromatic N) is 1. The second-order valence-electron chi connectivity index (χ2n) is 5.87. The van der Waals surface area contributed by atoms with Crippen LogP contribution in [-0.2, 0) is 14.3 Å². The van der Waals surface area contributed by atoms with Gasteiger partial charge in [-0.05, 0) is 26.0 Å². The first kappa shape index (κ1) is 19.3. The van der Waals surface area contributed by atoms with Gasteiger partial charge in [-0.3, -0.25) is 9.59 Å². The molecule has 2 atom stereocenters. The Morgan fingerprint density at radius 3 is 2.72 bits per heavy atom. The number of benzene rings is 1. The molecule has 7 heteroatoms. The number of hydrogen-bond donors (Lipinski definition) is 1. The third kappa shape index (κ3) is 5.49. The highest BCUT2D eigenvalue weighted by Crippen LogP contribution is 2.19. The van der Waals surface area contributed by atoms with E-state index in [0.29, 0.717) is 24.5 Å². The van der Waals surface area contributed by atoms with Crippen molar-refractivity contribution in [3.05, 3.63) is 35.9 Å². The van der Waals surface area contributed by atoms with E-state index in [2.05, 4.69) is 5.32 Å². The zero-order chi connectivity index (χ0) is 18.2. The van der Waals surface area contributed by atoms with Crippen LogP contribution in [0.4, 0.5) is 0 Å². The number of carbonyl (C=O) groups is 3. The van der Waals surface area contributed by atoms with Crippen molar-refractivity contribution in [3.8, 4) is 0 Å². The average Bonchev–Trinajstić information content (AvgIpc) is 2.62. The summed E-state index contributed by atoms with van der Waals surface area (Å²) < 4.78 is 5.07. The van der Waals surface area contributed by atoms with Crippen molar-refractivity contribution in [3.63, 3.8) is 0 Å². The normalized spacial score (nSPS) is 18.3. The monoisotopic (exact) mass is 364 g/mol. The lowest BCUT2D eigenvalue weighted by molar-refractivity contribution is -0.154. The first-order chi connectivity index (χ1) is 12.0. The summed E-state index contributed by atoms with van der Waals surface area (Å²) in [4.78, 5) is 38.4. The largest absolute Gasteiger partial charge is 0.464 e. The number of ether oxygens (including phenoxy) is 1. The summed E-state index contributed by atoms with van der Waals surface area (Å²) in [6.07, 6.45) is 0.152. The quantitative estimate of drug-likeness (QED) is 0.778. The number of carbonyl (C=O) groups excluding carboxylic acids is 3. The van der Waals surface area contributed by atoms with Crippen molar-refractivity contribution >= 4 is 29.5 Å². The fraction of sp³-hybridized carbons (Fsp3) is 0.500. The molecule has 1 aromatic rings. The summed E-state index contributed by atoms with van der Waals surface area (Å²) in [6.45, 7) is 4.36. The van der Waals surface area contributed by atoms with Crippen LogP contribution in [0.3, 0.4) is 0 Å². The molecule has 0 saturated carbocycles. The van der Waals surface area contributed by atoms with Gasteiger partial charge in [0.1, 0.15) is 6.04 Å². The second-order valence-corrected chi connectivity index (χ2v) is 7.02. The number of amides is 2. The molecular formula is C18H24N2O4S. The van der Waals surface area contributed by atoms with Gasteiger partial charge in [-0.1, -0.05) is 18.2 Å². The van der Waals surface area contributed by atoms with E-state index in [-0.39, 0.29) is 30.2 Å². The Bertz CT molecular complexity index is 608. The van der Waals surface area contributed by atoms with Crippen molar-refractivity contribution in [2.75, 3.05) is 24.7 Å². The van der Waals surface area contributed by atoms with Gasteiger partial charge in [-0.25, -0.2) is 4.79 Å². The molecule has 0 aromatic heterocycles. The maximum absolute atomic E-state index is 12.6. The van der Waals surface area contributed by atoms with Gasteiger partial charge < -0.3 is 15.0 Å². The summed E-state index contributed by atoms with van der Waals surface area (Å²) in [5.41, 5.74) is 0.556. The molecule has 2 amide bonds. The molecule has 1 heterocycles. The van der Waals surface area contributed by atoms with Crippen LogP contribution in [0, 0.1) is 0 Å². The third-order valence-corrected chi connectivity index (χ3v) is 4.92. The van der Waals surface area contributed by atoms with E-state index >= 15 is 0 Å². The summed E-state index contributed by atoms with van der Waals surface area (Å²) in [5.74, 6) is 0.641. The smallest absolute Gasteiger partial charge is 0.329 e. The molecule has 1 aliphatic rings. The van der Waals surface area contributed by atoms with Crippen molar-refractivity contribution in [2.24, 2.45) is 0 Å². The Hall–Kier alpha value is -2.02. The molecule has 136 valence electrons. The Balaban J connectivity index is 1.92. The molecule has 1 aliphatic heterocycles. The number of thioether (sulfide) groups is 1. The number of hydrogen-bond acceptors (Lipinski definition) is 5. The Morgan fingerprint density at radius 2 is 2.04 bits per heavy atom. The van der Waals surface area contributed by atoms with Crippen LogP contribution >= 0.6 is 11.8 Å². The predicted octanol–water partition coefficient (Wildman–Crippen LogP) is 1.70. The number of esters is 1. The van der Waals surface area contributed by atoms with Crippen molar-refractivity contribution in [2.45, 2.75) is 32.4 Å². The molecule has 1 N–H and O–H groups in total. The lowest BCUT2D eigenvalue weighted by Gasteiger charge is -2.34. The number of nitrogens with one attached hydrogen (secondary N) is 1. The molecule has 0 unspecified atom stereocenters. The van der Waals surface area contributed by atoms with E-state index < -0.39 is 6.04 Å². The lowest BCUT2D eigenvalue weighted by Crippen LogP contribution is -2.52. The van der Waals surface area contributed by atoms with E-state index in [1.807, 2.05) is 6.07 Å². The molecule has 1 aromatic carbocycles. The molecule has 2 rings (SSSR count). The van der Waals surface area contributed by atoms with Crippen LogP contribution in [0.5, 0.6) is 0 Å². The Labute approximate surface area is 152 Å². The fourth-order valence-corrected chi connectivity index (χ4v) is 3.69. The second kappa shape index (κ2) is 9.46. The van der Waals surface area contributed by atoms with Crippen LogP contribution in [0.1, 0.15) is 30.6 Å². The van der Waals surface area contributed by atoms with Gasteiger partial charge in [0, 0.05) is 36.1 Å². The maximum atomic E-state index is 12.6. The standard InChI is InChI=1S/C18H24N2O4S/c1-3-24-18(23)15-12-25-10-9-20(15)16(21)11-13(2)19-17(22)14-7-5-4-6-8-14/h4-8,13,15H,3,9-12H2,1-2H3,(H,19,22)/t13-,15+/m1/s1. The highest BCUT2D eigenvalue weighted by molar-refractivity contribution is 7.99. The summed E-state index contributed by atoms with van der Waals surface area (Å²) in [6, 6.07) is 8.01. The molecule has 1 saturated heterocycles. The highest BCUT2D eigenvalue weighted by atomic mass is 32.2. The van der Waals surface area contributed by atoms with Gasteiger partial charge in [-0.2, -0.15) is 11.8 Å². The maximum Gasteiger partial charge on any atom is 0.329 e. The zero-order valence-corrected chi connectivity index (χ0v) is 15.4. The molecule has 0 spiro atoms. The van der Waals surface area contributed by atoms with Gasteiger partial charge >= 0.3 is 5.97 Å². The van der Waals surface area contributed by atoms with Crippen molar-refractivity contribution in [1.29, 1.82) is 0 Å². The lowest BCUT2D eigenvalue weighted by atomic mass is 10.1. The summed E-state index contributed by atoms with van der Waals surface area (Å²) in [5, 5.41) is 2.83. The van der Waals surface area contributed by atoms with Gasteiger partial charge in [0.25, 0.3) is 5.91 Å². The van der Waals surface area contributed by atoms with E-state index in [0.717, 1.165) is 5.75 Å². The predicted molar refractivity (Wildman–Crippen MR) is 97.4 cm³/mol. The molecule has 6 nitrogen and oxygen atoms in total. The van der Waals surface area contributed by atoms with Gasteiger partial charge in [0.15, 0.2) is 0 Å². The number of rotatable bonds is 6. The van der Waals surface area contributed by atoms with Crippen LogP contribution < -0.4 is 5.32 Å². The van der Waals surface area contributed by atoms with Crippen LogP contribution in [0.2, 0.25) is 0 Å². The topological polar surface area (TPSA) is 75.7 Å². The van der Waals surface area contributed by atoms with Crippen LogP contribution in [0.25, 0.3) is 0 Å². The Morgan fingerprint density at radius 1 is 1.32 bits per heavy atom. The van der Waals surface area contributed by atoms with Gasteiger partial charge in [-0.15, -0.1) is 0 Å². The van der Waals surface area contributed by atoms with E-state index in [1.165, 1.54) is 0 Å². The fourth-order valence-electron chi connectivity index (χ4n) is 2.66. The van der Waals surface area contributed by atoms with Crippen molar-refractivity contribution < 1.29 is 19.1 Å². The van der Waals surface area contributed by atoms with Crippen LogP contribution in [-0.4, -0.2) is 59.4 Å². The first-order valence-corrected chi connectivity index (χ1v) is 9.58. The average molecular weight is 364 g/mol. The van der Waals surface area contributed by atoms with Crippen LogP contribution in [0.15, 0.2) is 30.3 Å². The minimum absolute atomic E-state index is 0.140. The molecule has 0 aliphatic carbocycles. The highest BCUT2D eigenvalue weighted by Gasteiger charge is 2.34. The molecule has 0 radical (unpaired) electrons. The molecular weight excluding hydrogens is 340 g/mol.